The largest absolute Gasteiger partial charge is 0.496 e. The number of non-ortho nitro benzene ring substituents is 1. The van der Waals surface area contributed by atoms with Crippen molar-refractivity contribution in [2.24, 2.45) is 5.92 Å². The van der Waals surface area contributed by atoms with Gasteiger partial charge in [-0.1, -0.05) is 6.92 Å². The van der Waals surface area contributed by atoms with E-state index >= 15 is 0 Å². The Bertz CT molecular complexity index is 490. The van der Waals surface area contributed by atoms with Crippen molar-refractivity contribution < 1.29 is 19.6 Å². The molecule has 0 fully saturated rings. The molecule has 0 aliphatic rings. The maximum Gasteiger partial charge on any atom is 0.303 e. The highest BCUT2D eigenvalue weighted by Crippen LogP contribution is 2.26. The summed E-state index contributed by atoms with van der Waals surface area (Å²) in [5.41, 5.74) is 0.531. The van der Waals surface area contributed by atoms with E-state index in [-0.39, 0.29) is 18.0 Å². The lowest BCUT2D eigenvalue weighted by molar-refractivity contribution is -0.384. The van der Waals surface area contributed by atoms with Crippen LogP contribution in [0.1, 0.15) is 19.8 Å². The Kier molecular flexibility index (Phi) is 5.76. The maximum atomic E-state index is 10.8. The highest BCUT2D eigenvalue weighted by Gasteiger charge is 2.11. The first-order chi connectivity index (χ1) is 9.42. The number of carboxylic acids is 1. The Morgan fingerprint density at radius 2 is 2.20 bits per heavy atom. The zero-order valence-electron chi connectivity index (χ0n) is 11.5. The van der Waals surface area contributed by atoms with Gasteiger partial charge in [-0.05, 0) is 12.3 Å². The predicted molar refractivity (Wildman–Crippen MR) is 74.2 cm³/mol. The van der Waals surface area contributed by atoms with Crippen LogP contribution in [0.4, 0.5) is 11.4 Å². The Labute approximate surface area is 116 Å². The highest BCUT2D eigenvalue weighted by atomic mass is 16.6. The summed E-state index contributed by atoms with van der Waals surface area (Å²) in [5.74, 6) is -0.273. The number of nitro groups is 1. The average Bonchev–Trinajstić information content (AvgIpc) is 2.42. The quantitative estimate of drug-likeness (QED) is 0.561. The zero-order chi connectivity index (χ0) is 15.1. The van der Waals surface area contributed by atoms with Crippen LogP contribution in [0, 0.1) is 16.0 Å². The molecular weight excluding hydrogens is 264 g/mol. The summed E-state index contributed by atoms with van der Waals surface area (Å²) in [6, 6.07) is 4.43. The van der Waals surface area contributed by atoms with E-state index in [1.54, 1.807) is 6.07 Å². The molecule has 0 amide bonds. The van der Waals surface area contributed by atoms with Crippen LogP contribution in [-0.4, -0.2) is 29.7 Å². The fourth-order valence-electron chi connectivity index (χ4n) is 1.67. The number of benzene rings is 1. The van der Waals surface area contributed by atoms with Crippen molar-refractivity contribution >= 4 is 17.3 Å². The zero-order valence-corrected chi connectivity index (χ0v) is 11.5. The number of rotatable bonds is 8. The molecule has 0 saturated heterocycles. The van der Waals surface area contributed by atoms with Gasteiger partial charge in [-0.2, -0.15) is 0 Å². The van der Waals surface area contributed by atoms with Crippen LogP contribution < -0.4 is 10.1 Å². The van der Waals surface area contributed by atoms with Gasteiger partial charge in [0.05, 0.1) is 18.1 Å². The molecule has 1 atom stereocenters. The number of hydrogen-bond donors (Lipinski definition) is 2. The number of ether oxygens (including phenoxy) is 1. The van der Waals surface area contributed by atoms with E-state index in [0.717, 1.165) is 0 Å². The van der Waals surface area contributed by atoms with Crippen LogP contribution in [0.2, 0.25) is 0 Å². The number of nitrogens with zero attached hydrogens (tertiary/aromatic N) is 1. The second-order valence-corrected chi connectivity index (χ2v) is 4.60. The van der Waals surface area contributed by atoms with Crippen molar-refractivity contribution in [3.8, 4) is 5.75 Å². The molecular formula is C13H18N2O5. The summed E-state index contributed by atoms with van der Waals surface area (Å²) in [6.45, 7) is 2.46. The smallest absolute Gasteiger partial charge is 0.303 e. The Morgan fingerprint density at radius 3 is 2.75 bits per heavy atom. The van der Waals surface area contributed by atoms with Crippen LogP contribution >= 0.6 is 0 Å². The molecule has 7 nitrogen and oxygen atoms in total. The lowest BCUT2D eigenvalue weighted by atomic mass is 10.1. The van der Waals surface area contributed by atoms with Gasteiger partial charge in [-0.25, -0.2) is 0 Å². The van der Waals surface area contributed by atoms with Gasteiger partial charge in [0.1, 0.15) is 5.75 Å². The third-order valence-electron chi connectivity index (χ3n) is 2.84. The summed E-state index contributed by atoms with van der Waals surface area (Å²) >= 11 is 0. The molecule has 1 aromatic carbocycles. The van der Waals surface area contributed by atoms with E-state index in [9.17, 15) is 14.9 Å². The van der Waals surface area contributed by atoms with Crippen molar-refractivity contribution in [2.75, 3.05) is 19.0 Å². The number of aliphatic carboxylic acids is 1. The van der Waals surface area contributed by atoms with E-state index in [1.165, 1.54) is 19.2 Å². The molecule has 0 radical (unpaired) electrons. The van der Waals surface area contributed by atoms with Crippen molar-refractivity contribution in [3.05, 3.63) is 28.3 Å². The second-order valence-electron chi connectivity index (χ2n) is 4.60. The number of anilines is 1. The number of nitrogens with one attached hydrogen (secondary N) is 1. The molecule has 1 unspecified atom stereocenters. The molecule has 0 bridgehead atoms. The van der Waals surface area contributed by atoms with Gasteiger partial charge in [0.25, 0.3) is 5.69 Å². The maximum absolute atomic E-state index is 10.8. The SMILES string of the molecule is COc1cc(NCC(C)CCC(=O)O)cc([N+](=O)[O-])c1. The molecule has 0 aromatic heterocycles. The first-order valence-corrected chi connectivity index (χ1v) is 6.21. The van der Waals surface area contributed by atoms with E-state index in [1.807, 2.05) is 6.92 Å². The fourth-order valence-corrected chi connectivity index (χ4v) is 1.67. The predicted octanol–water partition coefficient (Wildman–Crippen LogP) is 2.52. The molecule has 110 valence electrons. The van der Waals surface area contributed by atoms with Gasteiger partial charge in [0, 0.05) is 30.8 Å². The van der Waals surface area contributed by atoms with Crippen LogP contribution in [0.3, 0.4) is 0 Å². The molecule has 7 heteroatoms. The van der Waals surface area contributed by atoms with E-state index in [0.29, 0.717) is 24.4 Å². The molecule has 0 aliphatic heterocycles. The van der Waals surface area contributed by atoms with Gasteiger partial charge >= 0.3 is 5.97 Å². The minimum atomic E-state index is -0.825. The molecule has 20 heavy (non-hydrogen) atoms. The lowest BCUT2D eigenvalue weighted by Gasteiger charge is -2.13. The van der Waals surface area contributed by atoms with Gasteiger partial charge in [0.2, 0.25) is 0 Å². The standard InChI is InChI=1S/C13H18N2O5/c1-9(3-4-13(16)17)8-14-10-5-11(15(18)19)7-12(6-10)20-2/h5-7,9,14H,3-4,8H2,1-2H3,(H,16,17). The molecule has 0 saturated carbocycles. The van der Waals surface area contributed by atoms with Crippen molar-refractivity contribution in [2.45, 2.75) is 19.8 Å². The molecule has 0 aliphatic carbocycles. The Balaban J connectivity index is 2.65. The molecule has 1 rings (SSSR count). The number of carboxylic acid groups (broad SMARTS) is 1. The van der Waals surface area contributed by atoms with Gasteiger partial charge in [-0.15, -0.1) is 0 Å². The third-order valence-corrected chi connectivity index (χ3v) is 2.84. The van der Waals surface area contributed by atoms with E-state index in [4.69, 9.17) is 9.84 Å². The summed E-state index contributed by atoms with van der Waals surface area (Å²) in [7, 11) is 1.44. The Morgan fingerprint density at radius 1 is 1.50 bits per heavy atom. The summed E-state index contributed by atoms with van der Waals surface area (Å²) in [6.07, 6.45) is 0.662. The van der Waals surface area contributed by atoms with E-state index < -0.39 is 10.9 Å². The molecule has 2 N–H and O–H groups in total. The van der Waals surface area contributed by atoms with Crippen molar-refractivity contribution in [1.29, 1.82) is 0 Å². The second kappa shape index (κ2) is 7.32. The highest BCUT2D eigenvalue weighted by molar-refractivity contribution is 5.66. The lowest BCUT2D eigenvalue weighted by Crippen LogP contribution is -2.13. The van der Waals surface area contributed by atoms with Gasteiger partial charge in [0.15, 0.2) is 0 Å². The van der Waals surface area contributed by atoms with Crippen LogP contribution in [0.25, 0.3) is 0 Å². The minimum absolute atomic E-state index is 0.0509. The third kappa shape index (κ3) is 5.13. The minimum Gasteiger partial charge on any atom is -0.496 e. The molecule has 0 heterocycles. The summed E-state index contributed by atoms with van der Waals surface area (Å²) in [5, 5.41) is 22.5. The molecule has 0 spiro atoms. The monoisotopic (exact) mass is 282 g/mol. The first-order valence-electron chi connectivity index (χ1n) is 6.21. The van der Waals surface area contributed by atoms with Crippen molar-refractivity contribution in [3.63, 3.8) is 0 Å². The van der Waals surface area contributed by atoms with Crippen LogP contribution in [-0.2, 0) is 4.79 Å². The van der Waals surface area contributed by atoms with Crippen LogP contribution in [0.15, 0.2) is 18.2 Å². The van der Waals surface area contributed by atoms with E-state index in [2.05, 4.69) is 5.32 Å². The normalized spacial score (nSPS) is 11.7. The summed E-state index contributed by atoms with van der Waals surface area (Å²) < 4.78 is 5.01. The van der Waals surface area contributed by atoms with Gasteiger partial charge in [-0.3, -0.25) is 14.9 Å². The summed E-state index contributed by atoms with van der Waals surface area (Å²) in [4.78, 5) is 20.8. The average molecular weight is 282 g/mol. The van der Waals surface area contributed by atoms with Gasteiger partial charge < -0.3 is 15.2 Å². The topological polar surface area (TPSA) is 102 Å². The Hall–Kier alpha value is -2.31. The number of carbonyl (C=O) groups is 1. The number of methoxy groups -OCH3 is 1. The fraction of sp³-hybridized carbons (Fsp3) is 0.462. The van der Waals surface area contributed by atoms with Crippen molar-refractivity contribution in [1.82, 2.24) is 0 Å². The molecule has 1 aromatic rings. The van der Waals surface area contributed by atoms with Crippen LogP contribution in [0.5, 0.6) is 5.75 Å². The first kappa shape index (κ1) is 15.7. The number of nitro benzene ring substituents is 1. The number of hydrogen-bond acceptors (Lipinski definition) is 5.